The molecule has 0 amide bonds. The van der Waals surface area contributed by atoms with Crippen molar-refractivity contribution in [2.75, 3.05) is 31.2 Å². The summed E-state index contributed by atoms with van der Waals surface area (Å²) in [4.78, 5) is 5.61. The van der Waals surface area contributed by atoms with Crippen LogP contribution in [0.2, 0.25) is 0 Å². The van der Waals surface area contributed by atoms with Crippen molar-refractivity contribution >= 4 is 11.4 Å². The minimum atomic E-state index is 0.413. The van der Waals surface area contributed by atoms with Gasteiger partial charge in [-0.2, -0.15) is 0 Å². The zero-order chi connectivity index (χ0) is 14.4. The molecule has 5 heteroatoms. The molecule has 0 spiro atoms. The average Bonchev–Trinajstić information content (AvgIpc) is 2.49. The van der Waals surface area contributed by atoms with Crippen LogP contribution in [0.1, 0.15) is 33.1 Å². The van der Waals surface area contributed by atoms with Crippen molar-refractivity contribution in [3.63, 3.8) is 0 Å². The normalized spacial score (nSPS) is 14.8. The summed E-state index contributed by atoms with van der Waals surface area (Å²) in [6.07, 6.45) is 3.67. The number of anilines is 1. The molecule has 1 aromatic carbocycles. The van der Waals surface area contributed by atoms with Gasteiger partial charge in [0.1, 0.15) is 0 Å². The van der Waals surface area contributed by atoms with Crippen LogP contribution < -0.4 is 14.4 Å². The van der Waals surface area contributed by atoms with Crippen molar-refractivity contribution in [2.24, 2.45) is 0 Å². The molecular weight excluding hydrogens is 254 g/mol. The molecule has 0 bridgehead atoms. The molecule has 1 fully saturated rings. The molecule has 1 aliphatic heterocycles. The van der Waals surface area contributed by atoms with Crippen LogP contribution in [0.4, 0.5) is 11.4 Å². The van der Waals surface area contributed by atoms with Gasteiger partial charge in [-0.15, -0.1) is 0 Å². The summed E-state index contributed by atoms with van der Waals surface area (Å²) in [5.41, 5.74) is 1.44. The minimum absolute atomic E-state index is 0.413. The summed E-state index contributed by atoms with van der Waals surface area (Å²) >= 11 is 0. The standard InChI is InChI=1S/C15H22N3O2/c1-3-19-14-11-13(18-8-6-5-7-9-18)15(20-4-2)10-12(14)17-16/h10-11H,3-9H2,1-2H3/q+1. The van der Waals surface area contributed by atoms with Gasteiger partial charge in [-0.25, -0.2) is 0 Å². The summed E-state index contributed by atoms with van der Waals surface area (Å²) < 4.78 is 11.3. The van der Waals surface area contributed by atoms with Gasteiger partial charge in [0.2, 0.25) is 11.1 Å². The molecule has 2 rings (SSSR count). The van der Waals surface area contributed by atoms with Crippen LogP contribution >= 0.6 is 0 Å². The molecular formula is C15H22N3O2+. The van der Waals surface area contributed by atoms with Gasteiger partial charge in [0.15, 0.2) is 10.7 Å². The van der Waals surface area contributed by atoms with E-state index in [4.69, 9.17) is 14.9 Å². The van der Waals surface area contributed by atoms with Crippen LogP contribution in [-0.4, -0.2) is 26.3 Å². The number of nitrogens with zero attached hydrogens (tertiary/aromatic N) is 3. The molecule has 1 aromatic rings. The second kappa shape index (κ2) is 6.99. The summed E-state index contributed by atoms with van der Waals surface area (Å²) in [7, 11) is 0. The van der Waals surface area contributed by atoms with Gasteiger partial charge in [-0.1, -0.05) is 0 Å². The maximum atomic E-state index is 9.11. The van der Waals surface area contributed by atoms with E-state index in [0.717, 1.165) is 24.5 Å². The lowest BCUT2D eigenvalue weighted by Crippen LogP contribution is -2.29. The van der Waals surface area contributed by atoms with Gasteiger partial charge in [0.25, 0.3) is 0 Å². The fraction of sp³-hybridized carbons (Fsp3) is 0.600. The smallest absolute Gasteiger partial charge is 0.430 e. The second-order valence-electron chi connectivity index (χ2n) is 4.80. The third-order valence-electron chi connectivity index (χ3n) is 3.44. The number of diazo groups is 1. The van der Waals surface area contributed by atoms with E-state index in [-0.39, 0.29) is 0 Å². The topological polar surface area (TPSA) is 49.9 Å². The van der Waals surface area contributed by atoms with E-state index in [1.54, 1.807) is 6.07 Å². The molecule has 0 atom stereocenters. The number of rotatable bonds is 5. The van der Waals surface area contributed by atoms with E-state index >= 15 is 0 Å². The van der Waals surface area contributed by atoms with E-state index < -0.39 is 0 Å². The van der Waals surface area contributed by atoms with Crippen LogP contribution in [-0.2, 0) is 0 Å². The third kappa shape index (κ3) is 3.13. The molecule has 20 heavy (non-hydrogen) atoms. The highest BCUT2D eigenvalue weighted by atomic mass is 16.5. The minimum Gasteiger partial charge on any atom is -0.491 e. The Kier molecular flexibility index (Phi) is 5.05. The van der Waals surface area contributed by atoms with E-state index in [1.165, 1.54) is 19.3 Å². The molecule has 0 radical (unpaired) electrons. The Balaban J connectivity index is 2.40. The van der Waals surface area contributed by atoms with E-state index in [0.29, 0.717) is 24.7 Å². The molecule has 1 heterocycles. The molecule has 0 N–H and O–H groups in total. The second-order valence-corrected chi connectivity index (χ2v) is 4.80. The van der Waals surface area contributed by atoms with E-state index in [2.05, 4.69) is 9.88 Å². The number of hydrogen-bond acceptors (Lipinski definition) is 4. The number of benzene rings is 1. The fourth-order valence-electron chi connectivity index (χ4n) is 2.54. The van der Waals surface area contributed by atoms with Gasteiger partial charge in [-0.3, -0.25) is 0 Å². The van der Waals surface area contributed by atoms with Crippen molar-refractivity contribution in [3.8, 4) is 11.5 Å². The first-order chi connectivity index (χ1) is 9.80. The summed E-state index contributed by atoms with van der Waals surface area (Å²) in [6, 6.07) is 3.67. The Labute approximate surface area is 120 Å². The predicted octanol–water partition coefficient (Wildman–Crippen LogP) is 3.96. The Morgan fingerprint density at radius 3 is 2.30 bits per heavy atom. The Bertz CT molecular complexity index is 491. The van der Waals surface area contributed by atoms with Crippen molar-refractivity contribution in [2.45, 2.75) is 33.1 Å². The summed E-state index contributed by atoms with van der Waals surface area (Å²) in [5, 5.41) is 9.11. The molecule has 0 unspecified atom stereocenters. The zero-order valence-electron chi connectivity index (χ0n) is 12.3. The highest BCUT2D eigenvalue weighted by Gasteiger charge is 2.24. The zero-order valence-corrected chi connectivity index (χ0v) is 12.3. The fourth-order valence-corrected chi connectivity index (χ4v) is 2.54. The largest absolute Gasteiger partial charge is 0.491 e. The Morgan fingerprint density at radius 1 is 1.05 bits per heavy atom. The van der Waals surface area contributed by atoms with Crippen LogP contribution in [0.25, 0.3) is 4.98 Å². The van der Waals surface area contributed by atoms with Crippen LogP contribution in [0.3, 0.4) is 0 Å². The Hall–Kier alpha value is -1.96. The first kappa shape index (κ1) is 14.4. The Morgan fingerprint density at radius 2 is 1.70 bits per heavy atom. The highest BCUT2D eigenvalue weighted by molar-refractivity contribution is 5.72. The first-order valence-corrected chi connectivity index (χ1v) is 7.33. The van der Waals surface area contributed by atoms with Crippen molar-refractivity contribution in [3.05, 3.63) is 17.1 Å². The summed E-state index contributed by atoms with van der Waals surface area (Å²) in [6.45, 7) is 7.04. The first-order valence-electron chi connectivity index (χ1n) is 7.33. The maximum absolute atomic E-state index is 9.11. The number of piperidine rings is 1. The number of ether oxygens (including phenoxy) is 2. The lowest BCUT2D eigenvalue weighted by molar-refractivity contribution is 0.332. The van der Waals surface area contributed by atoms with Gasteiger partial charge in [0, 0.05) is 19.2 Å². The molecule has 1 aliphatic rings. The van der Waals surface area contributed by atoms with Gasteiger partial charge < -0.3 is 14.4 Å². The third-order valence-corrected chi connectivity index (χ3v) is 3.44. The van der Waals surface area contributed by atoms with Crippen molar-refractivity contribution in [1.29, 1.82) is 5.39 Å². The number of hydrogen-bond donors (Lipinski definition) is 0. The molecule has 0 aliphatic carbocycles. The van der Waals surface area contributed by atoms with E-state index in [9.17, 15) is 0 Å². The van der Waals surface area contributed by atoms with Crippen molar-refractivity contribution < 1.29 is 9.47 Å². The SMILES string of the molecule is CCOc1cc(N2CCCCC2)c(OCC)cc1[N+]#N. The van der Waals surface area contributed by atoms with Crippen molar-refractivity contribution in [1.82, 2.24) is 0 Å². The average molecular weight is 276 g/mol. The molecule has 108 valence electrons. The quantitative estimate of drug-likeness (QED) is 0.764. The predicted molar refractivity (Wildman–Crippen MR) is 79.6 cm³/mol. The van der Waals surface area contributed by atoms with Crippen LogP contribution in [0.15, 0.2) is 12.1 Å². The highest BCUT2D eigenvalue weighted by Crippen LogP contribution is 2.41. The lowest BCUT2D eigenvalue weighted by atomic mass is 10.1. The monoisotopic (exact) mass is 276 g/mol. The van der Waals surface area contributed by atoms with E-state index in [1.807, 2.05) is 19.9 Å². The molecule has 5 nitrogen and oxygen atoms in total. The lowest BCUT2D eigenvalue weighted by Gasteiger charge is -2.30. The van der Waals surface area contributed by atoms with Crippen LogP contribution in [0.5, 0.6) is 11.5 Å². The van der Waals surface area contributed by atoms with Gasteiger partial charge in [-0.05, 0) is 33.1 Å². The molecule has 0 saturated carbocycles. The maximum Gasteiger partial charge on any atom is 0.430 e. The van der Waals surface area contributed by atoms with Gasteiger partial charge >= 0.3 is 5.69 Å². The molecule has 1 saturated heterocycles. The summed E-state index contributed by atoms with van der Waals surface area (Å²) in [5.74, 6) is 1.35. The van der Waals surface area contributed by atoms with Crippen LogP contribution in [0, 0.1) is 5.39 Å². The molecule has 0 aromatic heterocycles. The van der Waals surface area contributed by atoms with Gasteiger partial charge in [0.05, 0.1) is 25.0 Å².